The molecule has 108 valence electrons. The molecule has 0 spiro atoms. The minimum absolute atomic E-state index is 0.623. The van der Waals surface area contributed by atoms with E-state index in [1.165, 1.54) is 63.4 Å². The van der Waals surface area contributed by atoms with Gasteiger partial charge in [0.15, 0.2) is 0 Å². The Morgan fingerprint density at radius 3 is 2.40 bits per heavy atom. The summed E-state index contributed by atoms with van der Waals surface area (Å²) in [6.07, 6.45) is 12.4. The van der Waals surface area contributed by atoms with Crippen molar-refractivity contribution in [1.82, 2.24) is 0 Å². The van der Waals surface area contributed by atoms with E-state index in [0.717, 1.165) is 5.69 Å². The number of rotatable bonds is 6. The Hall–Kier alpha value is -0.980. The molecule has 1 saturated carbocycles. The lowest BCUT2D eigenvalue weighted by molar-refractivity contribution is 0.156. The molecule has 1 aliphatic carbocycles. The lowest BCUT2D eigenvalue weighted by Gasteiger charge is -2.37. The van der Waals surface area contributed by atoms with Gasteiger partial charge in [-0.3, -0.25) is 0 Å². The van der Waals surface area contributed by atoms with Crippen LogP contribution in [0.25, 0.3) is 0 Å². The molecule has 1 nitrogen and oxygen atoms in total. The molecule has 20 heavy (non-hydrogen) atoms. The normalized spacial score (nSPS) is 17.4. The van der Waals surface area contributed by atoms with E-state index in [0.29, 0.717) is 5.41 Å². The quantitative estimate of drug-likeness (QED) is 0.454. The molecule has 0 atom stereocenters. The van der Waals surface area contributed by atoms with Crippen LogP contribution in [-0.4, -0.2) is 5.16 Å². The Labute approximate surface area is 128 Å². The van der Waals surface area contributed by atoms with Gasteiger partial charge in [0, 0.05) is 0 Å². The highest BCUT2D eigenvalue weighted by atomic mass is 32.1. The monoisotopic (exact) mass is 287 g/mol. The van der Waals surface area contributed by atoms with Crippen molar-refractivity contribution < 1.29 is 0 Å². The smallest absolute Gasteiger partial charge is 0.0739 e. The van der Waals surface area contributed by atoms with E-state index in [-0.39, 0.29) is 0 Å². The molecule has 2 heteroatoms. The highest BCUT2D eigenvalue weighted by Gasteiger charge is 2.30. The fourth-order valence-electron chi connectivity index (χ4n) is 3.66. The second-order valence-electron chi connectivity index (χ2n) is 6.18. The number of thiocarbonyl (C=S) groups is 1. The van der Waals surface area contributed by atoms with Crippen molar-refractivity contribution in [1.29, 1.82) is 0 Å². The van der Waals surface area contributed by atoms with Crippen LogP contribution in [0.4, 0.5) is 5.69 Å². The minimum Gasteiger partial charge on any atom is -0.195 e. The molecule has 0 aromatic heterocycles. The van der Waals surface area contributed by atoms with E-state index in [1.54, 1.807) is 0 Å². The molecule has 2 rings (SSSR count). The first-order valence-electron chi connectivity index (χ1n) is 7.95. The number of aryl methyl sites for hydroxylation is 1. The van der Waals surface area contributed by atoms with Crippen LogP contribution in [0.3, 0.4) is 0 Å². The summed E-state index contributed by atoms with van der Waals surface area (Å²) >= 11 is 4.63. The first-order chi connectivity index (χ1) is 9.78. The van der Waals surface area contributed by atoms with E-state index in [2.05, 4.69) is 41.4 Å². The summed E-state index contributed by atoms with van der Waals surface area (Å²) in [6, 6.07) is 8.46. The van der Waals surface area contributed by atoms with Crippen LogP contribution in [0.2, 0.25) is 0 Å². The average Bonchev–Trinajstić information content (AvgIpc) is 2.48. The van der Waals surface area contributed by atoms with Gasteiger partial charge >= 0.3 is 0 Å². The van der Waals surface area contributed by atoms with Crippen molar-refractivity contribution in [3.8, 4) is 0 Å². The summed E-state index contributed by atoms with van der Waals surface area (Å²) < 4.78 is 0. The lowest BCUT2D eigenvalue weighted by Crippen LogP contribution is -2.24. The summed E-state index contributed by atoms with van der Waals surface area (Å²) in [5.74, 6) is 0. The van der Waals surface area contributed by atoms with Crippen LogP contribution in [0.5, 0.6) is 0 Å². The summed E-state index contributed by atoms with van der Waals surface area (Å²) in [5.41, 5.74) is 2.96. The Morgan fingerprint density at radius 2 is 1.80 bits per heavy atom. The second-order valence-corrected chi connectivity index (χ2v) is 6.36. The number of isothiocyanates is 1. The second kappa shape index (κ2) is 7.71. The SMILES string of the molecule is CCCC1(CCc2ccc(N=C=S)cc2)CCCCC1. The number of nitrogens with zero attached hydrogens (tertiary/aromatic N) is 1. The summed E-state index contributed by atoms with van der Waals surface area (Å²) in [4.78, 5) is 4.01. The third-order valence-corrected chi connectivity index (χ3v) is 4.84. The lowest BCUT2D eigenvalue weighted by atomic mass is 9.68. The van der Waals surface area contributed by atoms with Crippen LogP contribution in [-0.2, 0) is 6.42 Å². The molecule has 1 aromatic rings. The third-order valence-electron chi connectivity index (χ3n) is 4.75. The number of hydrogen-bond donors (Lipinski definition) is 0. The Kier molecular flexibility index (Phi) is 5.94. The van der Waals surface area contributed by atoms with Gasteiger partial charge in [-0.2, -0.15) is 4.99 Å². The van der Waals surface area contributed by atoms with Crippen molar-refractivity contribution in [3.63, 3.8) is 0 Å². The standard InChI is InChI=1S/C18H25NS/c1-2-11-18(12-4-3-5-13-18)14-10-16-6-8-17(9-7-16)19-15-20/h6-9H,2-5,10-14H2,1H3. The molecule has 0 N–H and O–H groups in total. The van der Waals surface area contributed by atoms with Crippen molar-refractivity contribution >= 4 is 23.1 Å². The van der Waals surface area contributed by atoms with E-state index < -0.39 is 0 Å². The molecular weight excluding hydrogens is 262 g/mol. The Bertz CT molecular complexity index is 445. The summed E-state index contributed by atoms with van der Waals surface area (Å²) in [7, 11) is 0. The Balaban J connectivity index is 1.96. The summed E-state index contributed by atoms with van der Waals surface area (Å²) in [6.45, 7) is 2.33. The number of hydrogen-bond acceptors (Lipinski definition) is 2. The van der Waals surface area contributed by atoms with E-state index in [1.807, 2.05) is 12.1 Å². The van der Waals surface area contributed by atoms with Crippen LogP contribution in [0.1, 0.15) is 63.9 Å². The first-order valence-corrected chi connectivity index (χ1v) is 8.36. The van der Waals surface area contributed by atoms with Crippen LogP contribution < -0.4 is 0 Å². The van der Waals surface area contributed by atoms with Gasteiger partial charge in [0.2, 0.25) is 0 Å². The zero-order chi connectivity index (χ0) is 14.3. The zero-order valence-electron chi connectivity index (χ0n) is 12.5. The number of benzene rings is 1. The highest BCUT2D eigenvalue weighted by molar-refractivity contribution is 7.78. The maximum absolute atomic E-state index is 4.63. The van der Waals surface area contributed by atoms with Gasteiger partial charge in [-0.25, -0.2) is 0 Å². The van der Waals surface area contributed by atoms with Gasteiger partial charge in [0.25, 0.3) is 0 Å². The topological polar surface area (TPSA) is 12.4 Å². The van der Waals surface area contributed by atoms with Gasteiger partial charge in [-0.05, 0) is 67.4 Å². The molecule has 0 saturated heterocycles. The van der Waals surface area contributed by atoms with Gasteiger partial charge < -0.3 is 0 Å². The number of aliphatic imine (C=N–C) groups is 1. The van der Waals surface area contributed by atoms with E-state index in [9.17, 15) is 0 Å². The molecule has 0 aliphatic heterocycles. The summed E-state index contributed by atoms with van der Waals surface area (Å²) in [5, 5.41) is 2.42. The highest BCUT2D eigenvalue weighted by Crippen LogP contribution is 2.43. The maximum atomic E-state index is 4.63. The van der Waals surface area contributed by atoms with Crippen molar-refractivity contribution in [2.75, 3.05) is 0 Å². The fourth-order valence-corrected chi connectivity index (χ4v) is 3.76. The molecule has 0 unspecified atom stereocenters. The molecule has 0 radical (unpaired) electrons. The van der Waals surface area contributed by atoms with Crippen molar-refractivity contribution in [2.45, 2.75) is 64.7 Å². The Morgan fingerprint density at radius 1 is 1.10 bits per heavy atom. The average molecular weight is 287 g/mol. The van der Waals surface area contributed by atoms with Crippen LogP contribution >= 0.6 is 12.2 Å². The van der Waals surface area contributed by atoms with E-state index in [4.69, 9.17) is 0 Å². The third kappa shape index (κ3) is 4.26. The van der Waals surface area contributed by atoms with Crippen molar-refractivity contribution in [2.24, 2.45) is 10.4 Å². The minimum atomic E-state index is 0.623. The first kappa shape index (κ1) is 15.4. The molecule has 0 bridgehead atoms. The fraction of sp³-hybridized carbons (Fsp3) is 0.611. The van der Waals surface area contributed by atoms with Gasteiger partial charge in [-0.1, -0.05) is 44.7 Å². The van der Waals surface area contributed by atoms with E-state index >= 15 is 0 Å². The van der Waals surface area contributed by atoms with Crippen LogP contribution in [0.15, 0.2) is 29.3 Å². The predicted octanol–water partition coefficient (Wildman–Crippen LogP) is 6.10. The molecule has 0 amide bonds. The largest absolute Gasteiger partial charge is 0.195 e. The molecule has 1 fully saturated rings. The van der Waals surface area contributed by atoms with Crippen molar-refractivity contribution in [3.05, 3.63) is 29.8 Å². The van der Waals surface area contributed by atoms with Gasteiger partial charge in [0.05, 0.1) is 10.8 Å². The molecule has 0 heterocycles. The van der Waals surface area contributed by atoms with Crippen LogP contribution in [0, 0.1) is 5.41 Å². The van der Waals surface area contributed by atoms with Gasteiger partial charge in [0.1, 0.15) is 0 Å². The molecule has 1 aromatic carbocycles. The molecule has 1 aliphatic rings. The zero-order valence-corrected chi connectivity index (χ0v) is 13.3. The predicted molar refractivity (Wildman–Crippen MR) is 89.9 cm³/mol. The van der Waals surface area contributed by atoms with Gasteiger partial charge in [-0.15, -0.1) is 0 Å². The maximum Gasteiger partial charge on any atom is 0.0739 e. The molecular formula is C18H25NS.